The number of imidazole rings is 1. The molecule has 0 bridgehead atoms. The van der Waals surface area contributed by atoms with Crippen molar-refractivity contribution < 1.29 is 9.47 Å². The van der Waals surface area contributed by atoms with Crippen LogP contribution in [0.2, 0.25) is 0 Å². The Kier molecular flexibility index (Phi) is 3.55. The van der Waals surface area contributed by atoms with E-state index in [2.05, 4.69) is 21.5 Å². The van der Waals surface area contributed by atoms with Crippen molar-refractivity contribution in [2.45, 2.75) is 0 Å². The van der Waals surface area contributed by atoms with Gasteiger partial charge in [-0.2, -0.15) is 0 Å². The van der Waals surface area contributed by atoms with Crippen LogP contribution in [0.4, 0.5) is 0 Å². The Bertz CT molecular complexity index is 747. The van der Waals surface area contributed by atoms with Crippen LogP contribution in [-0.2, 0) is 0 Å². The zero-order valence-corrected chi connectivity index (χ0v) is 11.7. The van der Waals surface area contributed by atoms with Gasteiger partial charge in [-0.05, 0) is 18.2 Å². The van der Waals surface area contributed by atoms with Crippen LogP contribution in [0.25, 0.3) is 22.4 Å². The van der Waals surface area contributed by atoms with E-state index >= 15 is 0 Å². The molecule has 1 aromatic carbocycles. The van der Waals surface area contributed by atoms with E-state index in [1.165, 1.54) is 0 Å². The molecule has 0 radical (unpaired) electrons. The maximum absolute atomic E-state index is 5.71. The third-order valence-electron chi connectivity index (χ3n) is 3.08. The molecule has 21 heavy (non-hydrogen) atoms. The molecule has 5 heteroatoms. The maximum atomic E-state index is 5.71. The average molecular weight is 281 g/mol. The van der Waals surface area contributed by atoms with Crippen molar-refractivity contribution in [1.82, 2.24) is 15.0 Å². The lowest BCUT2D eigenvalue weighted by molar-refractivity contribution is 0.358. The minimum Gasteiger partial charge on any atom is -0.497 e. The van der Waals surface area contributed by atoms with Crippen molar-refractivity contribution in [3.05, 3.63) is 49.3 Å². The van der Waals surface area contributed by atoms with E-state index < -0.39 is 0 Å². The lowest BCUT2D eigenvalue weighted by Crippen LogP contribution is -1.96. The normalized spacial score (nSPS) is 10.5. The van der Waals surface area contributed by atoms with Gasteiger partial charge in [-0.3, -0.25) is 4.98 Å². The van der Waals surface area contributed by atoms with Crippen LogP contribution in [0.1, 0.15) is 0 Å². The number of nitrogens with one attached hydrogen (secondary N) is 1. The zero-order chi connectivity index (χ0) is 14.7. The fraction of sp³-hybridized carbons (Fsp3) is 0.125. The molecule has 106 valence electrons. The topological polar surface area (TPSA) is 60.0 Å². The quantitative estimate of drug-likeness (QED) is 0.730. The van der Waals surface area contributed by atoms with Gasteiger partial charge in [0.2, 0.25) is 0 Å². The second-order valence-corrected chi connectivity index (χ2v) is 4.44. The highest BCUT2D eigenvalue weighted by Gasteiger charge is 2.12. The molecule has 3 aromatic rings. The number of benzene rings is 1. The van der Waals surface area contributed by atoms with Crippen LogP contribution in [0.3, 0.4) is 0 Å². The largest absolute Gasteiger partial charge is 0.497 e. The van der Waals surface area contributed by atoms with Crippen LogP contribution in [0.5, 0.6) is 11.5 Å². The maximum Gasteiger partial charge on any atom is 0.142 e. The summed E-state index contributed by atoms with van der Waals surface area (Å²) in [4.78, 5) is 11.9. The summed E-state index contributed by atoms with van der Waals surface area (Å²) in [6.07, 6.45) is 5.17. The first-order valence-electron chi connectivity index (χ1n) is 6.53. The Morgan fingerprint density at radius 3 is 3.00 bits per heavy atom. The van der Waals surface area contributed by atoms with Gasteiger partial charge in [0.15, 0.2) is 0 Å². The molecule has 0 saturated carbocycles. The van der Waals surface area contributed by atoms with E-state index in [4.69, 9.17) is 9.47 Å². The van der Waals surface area contributed by atoms with Crippen molar-refractivity contribution >= 4 is 11.0 Å². The fourth-order valence-corrected chi connectivity index (χ4v) is 2.08. The lowest BCUT2D eigenvalue weighted by atomic mass is 10.2. The molecule has 0 aliphatic carbocycles. The van der Waals surface area contributed by atoms with Gasteiger partial charge in [0.05, 0.1) is 29.9 Å². The molecule has 2 heterocycles. The molecule has 3 rings (SSSR count). The van der Waals surface area contributed by atoms with Crippen LogP contribution in [0, 0.1) is 0 Å². The van der Waals surface area contributed by atoms with Crippen molar-refractivity contribution in [3.8, 4) is 22.9 Å². The molecule has 0 unspecified atom stereocenters. The van der Waals surface area contributed by atoms with Crippen LogP contribution >= 0.6 is 0 Å². The van der Waals surface area contributed by atoms with Crippen LogP contribution < -0.4 is 9.47 Å². The van der Waals surface area contributed by atoms with E-state index in [1.54, 1.807) is 25.6 Å². The van der Waals surface area contributed by atoms with Crippen molar-refractivity contribution in [2.24, 2.45) is 0 Å². The molecular weight excluding hydrogens is 266 g/mol. The number of hydrogen-bond acceptors (Lipinski definition) is 4. The number of methoxy groups -OCH3 is 1. The molecule has 0 atom stereocenters. The number of H-pyrrole nitrogens is 1. The van der Waals surface area contributed by atoms with Gasteiger partial charge in [-0.25, -0.2) is 4.98 Å². The van der Waals surface area contributed by atoms with Gasteiger partial charge in [0.25, 0.3) is 0 Å². The van der Waals surface area contributed by atoms with Gasteiger partial charge < -0.3 is 14.5 Å². The second kappa shape index (κ2) is 5.66. The summed E-state index contributed by atoms with van der Waals surface area (Å²) in [5.74, 6) is 2.16. The third-order valence-corrected chi connectivity index (χ3v) is 3.08. The highest BCUT2D eigenvalue weighted by molar-refractivity contribution is 5.80. The van der Waals surface area contributed by atoms with Crippen molar-refractivity contribution in [2.75, 3.05) is 13.7 Å². The van der Waals surface area contributed by atoms with Crippen molar-refractivity contribution in [3.63, 3.8) is 0 Å². The molecule has 1 N–H and O–H groups in total. The summed E-state index contributed by atoms with van der Waals surface area (Å²) in [5.41, 5.74) is 2.62. The van der Waals surface area contributed by atoms with E-state index in [1.807, 2.05) is 24.3 Å². The van der Waals surface area contributed by atoms with Gasteiger partial charge in [-0.15, -0.1) is 0 Å². The summed E-state index contributed by atoms with van der Waals surface area (Å²) in [7, 11) is 1.62. The Morgan fingerprint density at radius 1 is 1.33 bits per heavy atom. The molecule has 0 fully saturated rings. The molecule has 0 saturated heterocycles. The molecule has 0 aliphatic rings. The number of ether oxygens (including phenoxy) is 2. The molecule has 0 spiro atoms. The summed E-state index contributed by atoms with van der Waals surface area (Å²) < 4.78 is 10.9. The fourth-order valence-electron chi connectivity index (χ4n) is 2.08. The summed E-state index contributed by atoms with van der Waals surface area (Å²) in [5, 5.41) is 0. The Labute approximate surface area is 122 Å². The first kappa shape index (κ1) is 13.2. The first-order chi connectivity index (χ1) is 10.3. The van der Waals surface area contributed by atoms with Crippen LogP contribution in [0.15, 0.2) is 49.3 Å². The summed E-state index contributed by atoms with van der Waals surface area (Å²) in [6, 6.07) is 7.50. The first-order valence-corrected chi connectivity index (χ1v) is 6.53. The SMILES string of the molecule is C=CCOc1cc(OC)ccc1-c1nc2ccncc2[nH]1. The Morgan fingerprint density at radius 2 is 2.24 bits per heavy atom. The zero-order valence-electron chi connectivity index (χ0n) is 11.7. The van der Waals surface area contributed by atoms with Crippen molar-refractivity contribution in [1.29, 1.82) is 0 Å². The molecule has 2 aromatic heterocycles. The number of hydrogen-bond donors (Lipinski definition) is 1. The van der Waals surface area contributed by atoms with E-state index in [0.717, 1.165) is 28.2 Å². The smallest absolute Gasteiger partial charge is 0.142 e. The van der Waals surface area contributed by atoms with Gasteiger partial charge >= 0.3 is 0 Å². The number of fused-ring (bicyclic) bond motifs is 1. The molecular formula is C16H15N3O2. The predicted molar refractivity (Wildman–Crippen MR) is 81.6 cm³/mol. The van der Waals surface area contributed by atoms with E-state index in [9.17, 15) is 0 Å². The minimum absolute atomic E-state index is 0.419. The molecule has 0 aliphatic heterocycles. The highest BCUT2D eigenvalue weighted by Crippen LogP contribution is 2.32. The van der Waals surface area contributed by atoms with Gasteiger partial charge in [0.1, 0.15) is 23.9 Å². The second-order valence-electron chi connectivity index (χ2n) is 4.44. The highest BCUT2D eigenvalue weighted by atomic mass is 16.5. The average Bonchev–Trinajstić information content (AvgIpc) is 2.96. The van der Waals surface area contributed by atoms with Crippen LogP contribution in [-0.4, -0.2) is 28.7 Å². The monoisotopic (exact) mass is 281 g/mol. The number of pyridine rings is 1. The number of aromatic nitrogens is 3. The summed E-state index contributed by atoms with van der Waals surface area (Å²) in [6.45, 7) is 4.09. The number of rotatable bonds is 5. The molecule has 0 amide bonds. The van der Waals surface area contributed by atoms with Gasteiger partial charge in [-0.1, -0.05) is 12.7 Å². The predicted octanol–water partition coefficient (Wildman–Crippen LogP) is 3.20. The number of nitrogens with zero attached hydrogens (tertiary/aromatic N) is 2. The summed E-state index contributed by atoms with van der Waals surface area (Å²) >= 11 is 0. The lowest BCUT2D eigenvalue weighted by Gasteiger charge is -2.10. The third kappa shape index (κ3) is 2.58. The Hall–Kier alpha value is -2.82. The van der Waals surface area contributed by atoms with E-state index in [0.29, 0.717) is 12.4 Å². The number of aromatic amines is 1. The van der Waals surface area contributed by atoms with Gasteiger partial charge in [0, 0.05) is 12.3 Å². The standard InChI is InChI=1S/C16H15N3O2/c1-3-8-21-15-9-11(20-2)4-5-12(15)16-18-13-6-7-17-10-14(13)19-16/h3-7,9-10H,1,8H2,2H3,(H,18,19). The Balaban J connectivity index is 2.08. The van der Waals surface area contributed by atoms with E-state index in [-0.39, 0.29) is 0 Å². The minimum atomic E-state index is 0.419. The molecule has 5 nitrogen and oxygen atoms in total.